The second kappa shape index (κ2) is 6.22. The first-order valence-corrected chi connectivity index (χ1v) is 7.63. The van der Waals surface area contributed by atoms with Gasteiger partial charge in [0.05, 0.1) is 11.7 Å². The van der Waals surface area contributed by atoms with Gasteiger partial charge < -0.3 is 10.1 Å². The third-order valence-corrected chi connectivity index (χ3v) is 3.90. The monoisotopic (exact) mass is 299 g/mol. The van der Waals surface area contributed by atoms with Crippen molar-refractivity contribution in [3.63, 3.8) is 0 Å². The van der Waals surface area contributed by atoms with Gasteiger partial charge in [-0.3, -0.25) is 9.48 Å². The highest BCUT2D eigenvalue weighted by Crippen LogP contribution is 2.23. The second-order valence-corrected chi connectivity index (χ2v) is 5.79. The Balaban J connectivity index is 1.51. The minimum Gasteiger partial charge on any atom is -0.491 e. The Morgan fingerprint density at radius 2 is 2.23 bits per heavy atom. The van der Waals surface area contributed by atoms with E-state index < -0.39 is 0 Å². The van der Waals surface area contributed by atoms with Gasteiger partial charge in [0, 0.05) is 18.7 Å². The highest BCUT2D eigenvalue weighted by Gasteiger charge is 2.20. The summed E-state index contributed by atoms with van der Waals surface area (Å²) in [5.74, 6) is 0.969. The summed E-state index contributed by atoms with van der Waals surface area (Å²) in [4.78, 5) is 12.1. The van der Waals surface area contributed by atoms with E-state index in [1.54, 1.807) is 0 Å². The van der Waals surface area contributed by atoms with Crippen LogP contribution in [0.25, 0.3) is 0 Å². The molecule has 1 N–H and O–H groups in total. The number of fused-ring (bicyclic) bond motifs is 1. The molecular weight excluding hydrogens is 278 g/mol. The third-order valence-electron chi connectivity index (χ3n) is 3.90. The van der Waals surface area contributed by atoms with Gasteiger partial charge >= 0.3 is 0 Å². The lowest BCUT2D eigenvalue weighted by Gasteiger charge is -2.26. The Labute approximate surface area is 130 Å². The van der Waals surface area contributed by atoms with Crippen molar-refractivity contribution in [2.45, 2.75) is 39.3 Å². The van der Waals surface area contributed by atoms with Gasteiger partial charge in [-0.05, 0) is 38.0 Å². The summed E-state index contributed by atoms with van der Waals surface area (Å²) in [6.45, 7) is 5.10. The number of nitrogens with one attached hydrogen (secondary N) is 1. The molecule has 2 aromatic rings. The van der Waals surface area contributed by atoms with Gasteiger partial charge in [-0.2, -0.15) is 5.10 Å². The number of para-hydroxylation sites is 1. The van der Waals surface area contributed by atoms with Gasteiger partial charge in [0.25, 0.3) is 0 Å². The topological polar surface area (TPSA) is 56.2 Å². The first-order valence-electron chi connectivity index (χ1n) is 7.63. The summed E-state index contributed by atoms with van der Waals surface area (Å²) in [5.41, 5.74) is 3.22. The predicted octanol–water partition coefficient (Wildman–Crippen LogP) is 2.01. The van der Waals surface area contributed by atoms with E-state index in [4.69, 9.17) is 4.74 Å². The number of hydrogen-bond donors (Lipinski definition) is 1. The van der Waals surface area contributed by atoms with Gasteiger partial charge in [0.2, 0.25) is 5.91 Å². The first kappa shape index (κ1) is 14.6. The molecule has 2 heterocycles. The number of amides is 1. The van der Waals surface area contributed by atoms with E-state index in [0.29, 0.717) is 19.6 Å². The molecule has 0 saturated carbocycles. The maximum absolute atomic E-state index is 12.1. The van der Waals surface area contributed by atoms with Gasteiger partial charge in [-0.15, -0.1) is 0 Å². The van der Waals surface area contributed by atoms with Crippen LogP contribution >= 0.6 is 0 Å². The number of carbonyl (C=O) groups excluding carboxylic acids is 1. The van der Waals surface area contributed by atoms with Crippen LogP contribution in [0, 0.1) is 13.8 Å². The normalized spacial score (nSPS) is 16.7. The van der Waals surface area contributed by atoms with E-state index in [9.17, 15) is 4.79 Å². The second-order valence-electron chi connectivity index (χ2n) is 5.79. The summed E-state index contributed by atoms with van der Waals surface area (Å²) >= 11 is 0. The van der Waals surface area contributed by atoms with Crippen LogP contribution < -0.4 is 10.1 Å². The zero-order valence-corrected chi connectivity index (χ0v) is 13.0. The molecule has 5 heteroatoms. The maximum atomic E-state index is 12.1. The number of ether oxygens (including phenoxy) is 1. The molecule has 116 valence electrons. The molecular formula is C17H21N3O2. The Morgan fingerprint density at radius 1 is 1.41 bits per heavy atom. The van der Waals surface area contributed by atoms with Crippen LogP contribution in [0.4, 0.5) is 0 Å². The SMILES string of the molecule is Cc1cc(C)n(CCC(=O)N[C@H]2COc3ccccc3C2)n1. The number of carbonyl (C=O) groups is 1. The van der Waals surface area contributed by atoms with Crippen LogP contribution in [0.3, 0.4) is 0 Å². The summed E-state index contributed by atoms with van der Waals surface area (Å²) in [5, 5.41) is 7.42. The number of aromatic nitrogens is 2. The smallest absolute Gasteiger partial charge is 0.222 e. The molecule has 1 aliphatic heterocycles. The van der Waals surface area contributed by atoms with Crippen LogP contribution in [0.2, 0.25) is 0 Å². The fourth-order valence-electron chi connectivity index (χ4n) is 2.83. The fourth-order valence-corrected chi connectivity index (χ4v) is 2.83. The molecule has 0 bridgehead atoms. The van der Waals surface area contributed by atoms with Crippen molar-refractivity contribution >= 4 is 5.91 Å². The first-order chi connectivity index (χ1) is 10.6. The van der Waals surface area contributed by atoms with E-state index in [1.807, 2.05) is 48.9 Å². The van der Waals surface area contributed by atoms with Crippen LogP contribution in [-0.2, 0) is 17.8 Å². The molecule has 1 amide bonds. The van der Waals surface area contributed by atoms with E-state index >= 15 is 0 Å². The predicted molar refractivity (Wildman–Crippen MR) is 83.9 cm³/mol. The Kier molecular flexibility index (Phi) is 4.13. The number of nitrogens with zero attached hydrogens (tertiary/aromatic N) is 2. The van der Waals surface area contributed by atoms with Crippen molar-refractivity contribution in [2.75, 3.05) is 6.61 Å². The molecule has 1 atom stereocenters. The fraction of sp³-hybridized carbons (Fsp3) is 0.412. The molecule has 22 heavy (non-hydrogen) atoms. The molecule has 1 aromatic carbocycles. The van der Waals surface area contributed by atoms with Crippen molar-refractivity contribution in [1.82, 2.24) is 15.1 Å². The molecule has 3 rings (SSSR count). The van der Waals surface area contributed by atoms with Crippen molar-refractivity contribution in [2.24, 2.45) is 0 Å². The molecule has 0 radical (unpaired) electrons. The van der Waals surface area contributed by atoms with Crippen molar-refractivity contribution in [3.05, 3.63) is 47.3 Å². The Hall–Kier alpha value is -2.30. The molecule has 0 spiro atoms. The molecule has 0 unspecified atom stereocenters. The molecule has 1 aromatic heterocycles. The highest BCUT2D eigenvalue weighted by molar-refractivity contribution is 5.76. The number of aryl methyl sites for hydroxylation is 3. The molecule has 0 aliphatic carbocycles. The zero-order chi connectivity index (χ0) is 15.5. The van der Waals surface area contributed by atoms with Crippen molar-refractivity contribution in [3.8, 4) is 5.75 Å². The minimum atomic E-state index is 0.0422. The lowest BCUT2D eigenvalue weighted by atomic mass is 10.0. The van der Waals surface area contributed by atoms with Gasteiger partial charge in [-0.25, -0.2) is 0 Å². The van der Waals surface area contributed by atoms with E-state index in [-0.39, 0.29) is 11.9 Å². The van der Waals surface area contributed by atoms with Crippen molar-refractivity contribution in [1.29, 1.82) is 0 Å². The van der Waals surface area contributed by atoms with E-state index in [1.165, 1.54) is 0 Å². The highest BCUT2D eigenvalue weighted by atomic mass is 16.5. The summed E-state index contributed by atoms with van der Waals surface area (Å²) in [6, 6.07) is 10.0. The zero-order valence-electron chi connectivity index (χ0n) is 13.0. The van der Waals surface area contributed by atoms with Gasteiger partial charge in [0.15, 0.2) is 0 Å². The molecule has 1 aliphatic rings. The Bertz CT molecular complexity index is 678. The summed E-state index contributed by atoms with van der Waals surface area (Å²) in [7, 11) is 0. The van der Waals surface area contributed by atoms with Crippen LogP contribution in [0.5, 0.6) is 5.75 Å². The quantitative estimate of drug-likeness (QED) is 0.939. The summed E-state index contributed by atoms with van der Waals surface area (Å²) < 4.78 is 7.57. The third kappa shape index (κ3) is 3.30. The molecule has 0 saturated heterocycles. The number of benzene rings is 1. The van der Waals surface area contributed by atoms with Gasteiger partial charge in [0.1, 0.15) is 12.4 Å². The molecule has 5 nitrogen and oxygen atoms in total. The van der Waals surface area contributed by atoms with Crippen LogP contribution in [0.1, 0.15) is 23.4 Å². The largest absolute Gasteiger partial charge is 0.491 e. The van der Waals surface area contributed by atoms with E-state index in [0.717, 1.165) is 29.1 Å². The number of hydrogen-bond acceptors (Lipinski definition) is 3. The van der Waals surface area contributed by atoms with Gasteiger partial charge in [-0.1, -0.05) is 18.2 Å². The average Bonchev–Trinajstić information content (AvgIpc) is 2.83. The molecule has 0 fully saturated rings. The summed E-state index contributed by atoms with van der Waals surface area (Å²) in [6.07, 6.45) is 1.25. The van der Waals surface area contributed by atoms with Crippen molar-refractivity contribution < 1.29 is 9.53 Å². The lowest BCUT2D eigenvalue weighted by Crippen LogP contribution is -2.43. The Morgan fingerprint density at radius 3 is 3.00 bits per heavy atom. The standard InChI is InChI=1S/C17H21N3O2/c1-12-9-13(2)20(19-12)8-7-17(21)18-15-10-14-5-3-4-6-16(14)22-11-15/h3-6,9,15H,7-8,10-11H2,1-2H3,(H,18,21)/t15-/m1/s1. The average molecular weight is 299 g/mol. The minimum absolute atomic E-state index is 0.0422. The maximum Gasteiger partial charge on any atom is 0.222 e. The number of rotatable bonds is 4. The van der Waals surface area contributed by atoms with E-state index in [2.05, 4.69) is 10.4 Å². The van der Waals surface area contributed by atoms with Crippen LogP contribution in [0.15, 0.2) is 30.3 Å². The van der Waals surface area contributed by atoms with Crippen LogP contribution in [-0.4, -0.2) is 28.3 Å². The lowest BCUT2D eigenvalue weighted by molar-refractivity contribution is -0.122.